The molecule has 0 saturated heterocycles. The lowest BCUT2D eigenvalue weighted by atomic mass is 10.1. The monoisotopic (exact) mass is 418 g/mol. The molecule has 1 amide bonds. The molecular formula is C24H30N6O. The number of rotatable bonds is 9. The molecule has 7 nitrogen and oxygen atoms in total. The smallest absolute Gasteiger partial charge is 0.251 e. The van der Waals surface area contributed by atoms with Crippen LogP contribution in [0.3, 0.4) is 0 Å². The van der Waals surface area contributed by atoms with Gasteiger partial charge in [-0.1, -0.05) is 42.5 Å². The molecule has 0 aliphatic heterocycles. The maximum atomic E-state index is 11.8. The van der Waals surface area contributed by atoms with Crippen LogP contribution in [0.1, 0.15) is 27.3 Å². The van der Waals surface area contributed by atoms with Crippen LogP contribution < -0.4 is 16.0 Å². The third-order valence-electron chi connectivity index (χ3n) is 4.98. The third-order valence-corrected chi connectivity index (χ3v) is 4.98. The number of carbonyl (C=O) groups is 1. The number of hydrogen-bond donors (Lipinski definition) is 3. The van der Waals surface area contributed by atoms with Gasteiger partial charge in [0.1, 0.15) is 5.82 Å². The molecule has 3 aromatic rings. The van der Waals surface area contributed by atoms with Crippen molar-refractivity contribution in [2.24, 2.45) is 4.99 Å². The predicted molar refractivity (Wildman–Crippen MR) is 124 cm³/mol. The molecule has 1 heterocycles. The highest BCUT2D eigenvalue weighted by Gasteiger charge is 2.06. The maximum absolute atomic E-state index is 11.8. The topological polar surface area (TPSA) is 83.3 Å². The Labute approximate surface area is 183 Å². The zero-order valence-electron chi connectivity index (χ0n) is 18.1. The van der Waals surface area contributed by atoms with E-state index in [1.54, 1.807) is 14.1 Å². The van der Waals surface area contributed by atoms with E-state index < -0.39 is 0 Å². The van der Waals surface area contributed by atoms with Crippen LogP contribution in [-0.2, 0) is 19.4 Å². The average Bonchev–Trinajstić information content (AvgIpc) is 3.25. The first kappa shape index (κ1) is 22.1. The van der Waals surface area contributed by atoms with E-state index in [-0.39, 0.29) is 5.91 Å². The summed E-state index contributed by atoms with van der Waals surface area (Å²) in [5.41, 5.74) is 3.04. The third kappa shape index (κ3) is 6.70. The van der Waals surface area contributed by atoms with Crippen LogP contribution in [0.4, 0.5) is 0 Å². The van der Waals surface area contributed by atoms with Crippen molar-refractivity contribution in [1.29, 1.82) is 0 Å². The summed E-state index contributed by atoms with van der Waals surface area (Å²) in [6.07, 6.45) is 5.46. The van der Waals surface area contributed by atoms with Gasteiger partial charge in [0.05, 0.1) is 0 Å². The quantitative estimate of drug-likeness (QED) is 0.368. The second-order valence-electron chi connectivity index (χ2n) is 7.16. The largest absolute Gasteiger partial charge is 0.356 e. The van der Waals surface area contributed by atoms with E-state index in [9.17, 15) is 4.79 Å². The van der Waals surface area contributed by atoms with Crippen LogP contribution in [0, 0.1) is 0 Å². The average molecular weight is 419 g/mol. The van der Waals surface area contributed by atoms with E-state index in [0.29, 0.717) is 5.56 Å². The van der Waals surface area contributed by atoms with Crippen molar-refractivity contribution in [3.63, 3.8) is 0 Å². The van der Waals surface area contributed by atoms with Gasteiger partial charge in [-0.3, -0.25) is 9.79 Å². The molecule has 7 heteroatoms. The predicted octanol–water partition coefficient (Wildman–Crippen LogP) is 2.24. The molecule has 162 valence electrons. The van der Waals surface area contributed by atoms with E-state index in [1.165, 1.54) is 5.56 Å². The summed E-state index contributed by atoms with van der Waals surface area (Å²) in [7, 11) is 3.40. The van der Waals surface area contributed by atoms with Crippen molar-refractivity contribution in [3.05, 3.63) is 89.5 Å². The fourth-order valence-corrected chi connectivity index (χ4v) is 3.34. The fourth-order valence-electron chi connectivity index (χ4n) is 3.34. The lowest BCUT2D eigenvalue weighted by Gasteiger charge is -2.13. The van der Waals surface area contributed by atoms with Crippen molar-refractivity contribution < 1.29 is 4.79 Å². The first-order valence-corrected chi connectivity index (χ1v) is 10.5. The number of guanidine groups is 1. The van der Waals surface area contributed by atoms with Crippen LogP contribution in [0.2, 0.25) is 0 Å². The Morgan fingerprint density at radius 2 is 1.74 bits per heavy atom. The van der Waals surface area contributed by atoms with Crippen LogP contribution in [0.5, 0.6) is 0 Å². The van der Waals surface area contributed by atoms with E-state index in [0.717, 1.165) is 49.8 Å². The van der Waals surface area contributed by atoms with Gasteiger partial charge in [0.25, 0.3) is 5.91 Å². The summed E-state index contributed by atoms with van der Waals surface area (Å²) in [6.45, 7) is 2.27. The summed E-state index contributed by atoms with van der Waals surface area (Å²) in [6, 6.07) is 18.0. The van der Waals surface area contributed by atoms with Gasteiger partial charge in [0.15, 0.2) is 5.96 Å². The summed E-state index contributed by atoms with van der Waals surface area (Å²) < 4.78 is 2.17. The molecular weight excluding hydrogens is 388 g/mol. The second-order valence-corrected chi connectivity index (χ2v) is 7.16. The van der Waals surface area contributed by atoms with Gasteiger partial charge < -0.3 is 20.5 Å². The van der Waals surface area contributed by atoms with E-state index in [2.05, 4.69) is 54.8 Å². The van der Waals surface area contributed by atoms with Gasteiger partial charge in [0.2, 0.25) is 0 Å². The molecule has 0 saturated carbocycles. The Bertz CT molecular complexity index is 996. The van der Waals surface area contributed by atoms with Gasteiger partial charge in [-0.05, 0) is 29.7 Å². The van der Waals surface area contributed by atoms with Crippen molar-refractivity contribution in [1.82, 2.24) is 25.5 Å². The molecule has 2 aromatic carbocycles. The van der Waals surface area contributed by atoms with Crippen molar-refractivity contribution >= 4 is 11.9 Å². The second kappa shape index (κ2) is 11.5. The number of hydrogen-bond acceptors (Lipinski definition) is 3. The normalized spacial score (nSPS) is 11.2. The standard InChI is InChI=1S/C24H30N6O/c1-25-23(31)21-10-6-9-19(17-21)11-13-28-24(26-2)29-14-12-22-27-15-16-30(22)18-20-7-4-3-5-8-20/h3-10,15-17H,11-14,18H2,1-2H3,(H,25,31)(H2,26,28,29). The lowest BCUT2D eigenvalue weighted by Crippen LogP contribution is -2.39. The molecule has 0 aliphatic carbocycles. The number of imidazole rings is 1. The van der Waals surface area contributed by atoms with Crippen LogP contribution in [0.15, 0.2) is 72.0 Å². The van der Waals surface area contributed by atoms with E-state index >= 15 is 0 Å². The van der Waals surface area contributed by atoms with Gasteiger partial charge >= 0.3 is 0 Å². The fraction of sp³-hybridized carbons (Fsp3) is 0.292. The number of amides is 1. The summed E-state index contributed by atoms with van der Waals surface area (Å²) >= 11 is 0. The minimum absolute atomic E-state index is 0.0714. The molecule has 3 N–H and O–H groups in total. The number of nitrogens with zero attached hydrogens (tertiary/aromatic N) is 3. The Kier molecular flexibility index (Phi) is 8.22. The molecule has 0 atom stereocenters. The molecule has 3 rings (SSSR count). The number of aromatic nitrogens is 2. The number of nitrogens with one attached hydrogen (secondary N) is 3. The Morgan fingerprint density at radius 1 is 1.00 bits per heavy atom. The Hall–Kier alpha value is -3.61. The Morgan fingerprint density at radius 3 is 2.48 bits per heavy atom. The number of benzene rings is 2. The summed E-state index contributed by atoms with van der Waals surface area (Å²) in [5.74, 6) is 1.72. The lowest BCUT2D eigenvalue weighted by molar-refractivity contribution is 0.0963. The van der Waals surface area contributed by atoms with Gasteiger partial charge in [-0.2, -0.15) is 0 Å². The highest BCUT2D eigenvalue weighted by molar-refractivity contribution is 5.94. The molecule has 0 fully saturated rings. The maximum Gasteiger partial charge on any atom is 0.251 e. The summed E-state index contributed by atoms with van der Waals surface area (Å²) in [4.78, 5) is 20.6. The van der Waals surface area contributed by atoms with Crippen LogP contribution >= 0.6 is 0 Å². The zero-order chi connectivity index (χ0) is 21.9. The first-order chi connectivity index (χ1) is 15.2. The Balaban J connectivity index is 1.44. The molecule has 0 unspecified atom stereocenters. The van der Waals surface area contributed by atoms with Gasteiger partial charge in [0, 0.05) is 58.1 Å². The van der Waals surface area contributed by atoms with Gasteiger partial charge in [-0.25, -0.2) is 4.98 Å². The minimum Gasteiger partial charge on any atom is -0.356 e. The van der Waals surface area contributed by atoms with Crippen molar-refractivity contribution in [2.45, 2.75) is 19.4 Å². The zero-order valence-corrected chi connectivity index (χ0v) is 18.1. The molecule has 0 radical (unpaired) electrons. The summed E-state index contributed by atoms with van der Waals surface area (Å²) in [5, 5.41) is 9.32. The molecule has 0 spiro atoms. The van der Waals surface area contributed by atoms with E-state index in [1.807, 2.05) is 42.7 Å². The number of carbonyl (C=O) groups excluding carboxylic acids is 1. The molecule has 0 aliphatic rings. The number of aliphatic imine (C=N–C) groups is 1. The van der Waals surface area contributed by atoms with Gasteiger partial charge in [-0.15, -0.1) is 0 Å². The van der Waals surface area contributed by atoms with Crippen LogP contribution in [0.25, 0.3) is 0 Å². The van der Waals surface area contributed by atoms with Crippen LogP contribution in [-0.4, -0.2) is 48.6 Å². The molecule has 31 heavy (non-hydrogen) atoms. The highest BCUT2D eigenvalue weighted by Crippen LogP contribution is 2.07. The SMILES string of the molecule is CN=C(NCCc1cccc(C(=O)NC)c1)NCCc1nccn1Cc1ccccc1. The minimum atomic E-state index is -0.0714. The highest BCUT2D eigenvalue weighted by atomic mass is 16.1. The van der Waals surface area contributed by atoms with Crippen molar-refractivity contribution in [2.75, 3.05) is 27.2 Å². The van der Waals surface area contributed by atoms with Crippen molar-refractivity contribution in [3.8, 4) is 0 Å². The first-order valence-electron chi connectivity index (χ1n) is 10.5. The molecule has 1 aromatic heterocycles. The molecule has 0 bridgehead atoms. The van der Waals surface area contributed by atoms with E-state index in [4.69, 9.17) is 0 Å².